The number of thioether (sulfide) groups is 1. The van der Waals surface area contributed by atoms with Crippen molar-refractivity contribution < 1.29 is 9.15 Å². The van der Waals surface area contributed by atoms with Crippen LogP contribution in [-0.4, -0.2) is 80.0 Å². The summed E-state index contributed by atoms with van der Waals surface area (Å²) in [7, 11) is 0. The molecule has 0 radical (unpaired) electrons. The molecule has 2 aliphatic rings. The van der Waals surface area contributed by atoms with Crippen LogP contribution in [0.2, 0.25) is 0 Å². The summed E-state index contributed by atoms with van der Waals surface area (Å²) >= 11 is 1.88. The van der Waals surface area contributed by atoms with Gasteiger partial charge in [0.1, 0.15) is 5.76 Å². The number of nitrogens with one attached hydrogen (secondary N) is 1. The number of hydrogen-bond acceptors (Lipinski definition) is 5. The van der Waals surface area contributed by atoms with E-state index in [0.29, 0.717) is 6.04 Å². The van der Waals surface area contributed by atoms with Crippen LogP contribution < -0.4 is 5.32 Å². The van der Waals surface area contributed by atoms with Gasteiger partial charge in [-0.3, -0.25) is 9.89 Å². The number of morpholine rings is 1. The number of hydrogen-bond donors (Lipinski definition) is 1. The summed E-state index contributed by atoms with van der Waals surface area (Å²) < 4.78 is 11.0. The molecule has 162 valence electrons. The van der Waals surface area contributed by atoms with Gasteiger partial charge in [-0.1, -0.05) is 18.2 Å². The number of rotatable bonds is 8. The molecule has 1 aromatic carbocycles. The highest BCUT2D eigenvalue weighted by molar-refractivity contribution is 7.99. The summed E-state index contributed by atoms with van der Waals surface area (Å²) in [4.78, 5) is 11.2. The maximum absolute atomic E-state index is 5.52. The van der Waals surface area contributed by atoms with Gasteiger partial charge in [0.05, 0.1) is 19.5 Å². The van der Waals surface area contributed by atoms with Crippen LogP contribution in [-0.2, 0) is 11.2 Å². The van der Waals surface area contributed by atoms with Crippen LogP contribution in [0.1, 0.15) is 12.2 Å². The molecular formula is C23H32N4O2S. The van der Waals surface area contributed by atoms with Gasteiger partial charge in [-0.25, -0.2) is 0 Å². The number of furan rings is 1. The molecule has 2 saturated heterocycles. The second-order valence-corrected chi connectivity index (χ2v) is 8.83. The minimum Gasteiger partial charge on any atom is -0.469 e. The third-order valence-electron chi connectivity index (χ3n) is 5.62. The van der Waals surface area contributed by atoms with E-state index in [1.165, 1.54) is 11.3 Å². The largest absolute Gasteiger partial charge is 0.469 e. The molecule has 2 aromatic rings. The number of guanidine groups is 1. The molecular weight excluding hydrogens is 396 g/mol. The van der Waals surface area contributed by atoms with Gasteiger partial charge in [0.25, 0.3) is 0 Å². The van der Waals surface area contributed by atoms with Crippen molar-refractivity contribution in [1.82, 2.24) is 15.1 Å². The first-order valence-electron chi connectivity index (χ1n) is 10.9. The van der Waals surface area contributed by atoms with E-state index in [9.17, 15) is 0 Å². The van der Waals surface area contributed by atoms with E-state index in [4.69, 9.17) is 14.1 Å². The van der Waals surface area contributed by atoms with Crippen LogP contribution in [0, 0.1) is 0 Å². The summed E-state index contributed by atoms with van der Waals surface area (Å²) in [5.74, 6) is 3.04. The van der Waals surface area contributed by atoms with Crippen molar-refractivity contribution in [1.29, 1.82) is 0 Å². The molecule has 0 amide bonds. The summed E-state index contributed by atoms with van der Waals surface area (Å²) in [5, 5.41) is 3.62. The highest BCUT2D eigenvalue weighted by Gasteiger charge is 2.30. The first-order valence-corrected chi connectivity index (χ1v) is 11.9. The van der Waals surface area contributed by atoms with Crippen molar-refractivity contribution in [2.45, 2.75) is 23.8 Å². The first kappa shape index (κ1) is 21.3. The predicted molar refractivity (Wildman–Crippen MR) is 122 cm³/mol. The fraction of sp³-hybridized carbons (Fsp3) is 0.522. The third kappa shape index (κ3) is 6.27. The lowest BCUT2D eigenvalue weighted by Crippen LogP contribution is -2.47. The average molecular weight is 429 g/mol. The maximum atomic E-state index is 5.52. The Bertz CT molecular complexity index is 763. The normalized spacial score (nSPS) is 20.6. The number of nitrogens with zero attached hydrogens (tertiary/aromatic N) is 3. The van der Waals surface area contributed by atoms with E-state index in [-0.39, 0.29) is 0 Å². The topological polar surface area (TPSA) is 53.2 Å². The fourth-order valence-corrected chi connectivity index (χ4v) is 4.81. The van der Waals surface area contributed by atoms with E-state index < -0.39 is 0 Å². The molecule has 30 heavy (non-hydrogen) atoms. The third-order valence-corrected chi connectivity index (χ3v) is 6.64. The molecule has 0 aliphatic carbocycles. The van der Waals surface area contributed by atoms with Gasteiger partial charge in [0.2, 0.25) is 0 Å². The van der Waals surface area contributed by atoms with Crippen molar-refractivity contribution in [3.63, 3.8) is 0 Å². The Morgan fingerprint density at radius 1 is 1.10 bits per heavy atom. The molecule has 1 N–H and O–H groups in total. The zero-order valence-electron chi connectivity index (χ0n) is 17.5. The SMILES string of the molecule is c1ccc(SCCNC(=NCCc2ccco2)N2CCC(N3CCOCC3)C2)cc1. The Morgan fingerprint density at radius 3 is 2.77 bits per heavy atom. The van der Waals surface area contributed by atoms with E-state index >= 15 is 0 Å². The van der Waals surface area contributed by atoms with Gasteiger partial charge >= 0.3 is 0 Å². The molecule has 1 atom stereocenters. The Labute approximate surface area is 183 Å². The van der Waals surface area contributed by atoms with E-state index in [1.807, 2.05) is 23.9 Å². The highest BCUT2D eigenvalue weighted by atomic mass is 32.2. The minimum absolute atomic E-state index is 0.602. The Kier molecular flexibility index (Phi) is 8.11. The predicted octanol–water partition coefficient (Wildman–Crippen LogP) is 2.97. The molecule has 0 spiro atoms. The molecule has 3 heterocycles. The zero-order valence-corrected chi connectivity index (χ0v) is 18.4. The quantitative estimate of drug-likeness (QED) is 0.302. The van der Waals surface area contributed by atoms with Crippen molar-refractivity contribution in [3.8, 4) is 0 Å². The molecule has 1 aromatic heterocycles. The molecule has 1 unspecified atom stereocenters. The molecule has 6 nitrogen and oxygen atoms in total. The molecule has 7 heteroatoms. The first-order chi connectivity index (χ1) is 14.9. The average Bonchev–Trinajstić information content (AvgIpc) is 3.49. The van der Waals surface area contributed by atoms with E-state index in [0.717, 1.165) is 76.4 Å². The van der Waals surface area contributed by atoms with Crippen molar-refractivity contribution >= 4 is 17.7 Å². The van der Waals surface area contributed by atoms with Crippen LogP contribution >= 0.6 is 11.8 Å². The zero-order chi connectivity index (χ0) is 20.4. The molecule has 4 rings (SSSR count). The second kappa shape index (κ2) is 11.4. The molecule has 0 bridgehead atoms. The lowest BCUT2D eigenvalue weighted by Gasteiger charge is -2.32. The summed E-state index contributed by atoms with van der Waals surface area (Å²) in [5.41, 5.74) is 0. The molecule has 2 fully saturated rings. The number of likely N-dealkylation sites (tertiary alicyclic amines) is 1. The lowest BCUT2D eigenvalue weighted by atomic mass is 10.2. The number of aliphatic imine (C=N–C) groups is 1. The van der Waals surface area contributed by atoms with Gasteiger partial charge in [0.15, 0.2) is 5.96 Å². The monoisotopic (exact) mass is 428 g/mol. The van der Waals surface area contributed by atoms with Gasteiger partial charge in [-0.2, -0.15) is 0 Å². The van der Waals surface area contributed by atoms with Crippen molar-refractivity contribution in [3.05, 3.63) is 54.5 Å². The van der Waals surface area contributed by atoms with Crippen LogP contribution in [0.4, 0.5) is 0 Å². The molecule has 0 saturated carbocycles. The molecule has 2 aliphatic heterocycles. The Morgan fingerprint density at radius 2 is 1.97 bits per heavy atom. The van der Waals surface area contributed by atoms with Crippen molar-refractivity contribution in [2.75, 3.05) is 58.2 Å². The Balaban J connectivity index is 1.30. The summed E-state index contributed by atoms with van der Waals surface area (Å²) in [6, 6.07) is 15.1. The van der Waals surface area contributed by atoms with Crippen LogP contribution in [0.25, 0.3) is 0 Å². The number of ether oxygens (including phenoxy) is 1. The van der Waals surface area contributed by atoms with E-state index in [1.54, 1.807) is 6.26 Å². The van der Waals surface area contributed by atoms with Crippen LogP contribution in [0.15, 0.2) is 63.0 Å². The van der Waals surface area contributed by atoms with Gasteiger partial charge < -0.3 is 19.4 Å². The van der Waals surface area contributed by atoms with Crippen molar-refractivity contribution in [2.24, 2.45) is 4.99 Å². The minimum atomic E-state index is 0.602. The van der Waals surface area contributed by atoms with Gasteiger partial charge in [0, 0.05) is 62.4 Å². The Hall–Kier alpha value is -1.96. The second-order valence-electron chi connectivity index (χ2n) is 7.66. The standard InChI is InChI=1S/C23H32N4O2S/c1-2-6-22(7-3-1)30-18-11-25-23(24-10-8-21-5-4-15-29-21)27-12-9-20(19-27)26-13-16-28-17-14-26/h1-7,15,20H,8-14,16-19H2,(H,24,25). The van der Waals surface area contributed by atoms with Gasteiger partial charge in [-0.05, 0) is 30.7 Å². The maximum Gasteiger partial charge on any atom is 0.194 e. The summed E-state index contributed by atoms with van der Waals surface area (Å²) in [6.07, 6.45) is 3.75. The smallest absolute Gasteiger partial charge is 0.194 e. The van der Waals surface area contributed by atoms with E-state index in [2.05, 4.69) is 45.4 Å². The summed E-state index contributed by atoms with van der Waals surface area (Å²) in [6.45, 7) is 7.54. The fourth-order valence-electron chi connectivity index (χ4n) is 4.02. The van der Waals surface area contributed by atoms with Crippen LogP contribution in [0.3, 0.4) is 0 Å². The van der Waals surface area contributed by atoms with Crippen LogP contribution in [0.5, 0.6) is 0 Å². The lowest BCUT2D eigenvalue weighted by molar-refractivity contribution is 0.0195. The highest BCUT2D eigenvalue weighted by Crippen LogP contribution is 2.18. The van der Waals surface area contributed by atoms with Gasteiger partial charge in [-0.15, -0.1) is 11.8 Å². The number of benzene rings is 1.